The maximum atomic E-state index is 13.4. The summed E-state index contributed by atoms with van der Waals surface area (Å²) < 4.78 is 21.1. The maximum Gasteiger partial charge on any atom is 0.124 e. The van der Waals surface area contributed by atoms with E-state index < -0.39 is 0 Å². The SMILES string of the molecule is CCn1cc(COc2ccc(F)cc2CNC2CC2)cn1. The van der Waals surface area contributed by atoms with Crippen molar-refractivity contribution in [3.8, 4) is 5.75 Å². The fourth-order valence-electron chi connectivity index (χ4n) is 2.18. The molecule has 1 aliphatic carbocycles. The van der Waals surface area contributed by atoms with Crippen LogP contribution >= 0.6 is 0 Å². The molecule has 21 heavy (non-hydrogen) atoms. The number of ether oxygens (including phenoxy) is 1. The van der Waals surface area contributed by atoms with Crippen LogP contribution in [0.15, 0.2) is 30.6 Å². The molecule has 1 aromatic carbocycles. The largest absolute Gasteiger partial charge is 0.488 e. The van der Waals surface area contributed by atoms with E-state index in [9.17, 15) is 4.39 Å². The van der Waals surface area contributed by atoms with Crippen LogP contribution in [0.1, 0.15) is 30.9 Å². The van der Waals surface area contributed by atoms with Crippen LogP contribution in [0, 0.1) is 5.82 Å². The van der Waals surface area contributed by atoms with Gasteiger partial charge in [-0.15, -0.1) is 0 Å². The Hall–Kier alpha value is -1.88. The van der Waals surface area contributed by atoms with Crippen molar-refractivity contribution in [1.82, 2.24) is 15.1 Å². The van der Waals surface area contributed by atoms with Gasteiger partial charge in [0.15, 0.2) is 0 Å². The van der Waals surface area contributed by atoms with Gasteiger partial charge in [-0.2, -0.15) is 5.10 Å². The van der Waals surface area contributed by atoms with Gasteiger partial charge in [0.2, 0.25) is 0 Å². The summed E-state index contributed by atoms with van der Waals surface area (Å²) in [5.41, 5.74) is 1.88. The second-order valence-corrected chi connectivity index (χ2v) is 5.40. The molecule has 1 saturated carbocycles. The monoisotopic (exact) mass is 289 g/mol. The van der Waals surface area contributed by atoms with E-state index in [2.05, 4.69) is 10.4 Å². The molecule has 0 atom stereocenters. The minimum absolute atomic E-state index is 0.228. The summed E-state index contributed by atoms with van der Waals surface area (Å²) in [6.45, 7) is 3.97. The number of halogens is 1. The van der Waals surface area contributed by atoms with E-state index in [-0.39, 0.29) is 5.82 Å². The minimum atomic E-state index is -0.228. The second-order valence-electron chi connectivity index (χ2n) is 5.40. The first-order valence-electron chi connectivity index (χ1n) is 7.40. The van der Waals surface area contributed by atoms with E-state index in [1.165, 1.54) is 18.9 Å². The lowest BCUT2D eigenvalue weighted by Gasteiger charge is -2.11. The first kappa shape index (κ1) is 14.1. The van der Waals surface area contributed by atoms with Gasteiger partial charge in [-0.05, 0) is 38.0 Å². The standard InChI is InChI=1S/C16H20FN3O/c1-2-20-10-12(8-19-20)11-21-16-6-3-14(17)7-13(16)9-18-15-4-5-15/h3,6-8,10,15,18H,2,4-5,9,11H2,1H3. The number of aromatic nitrogens is 2. The Balaban J connectivity index is 1.65. The fraction of sp³-hybridized carbons (Fsp3) is 0.438. The summed E-state index contributed by atoms with van der Waals surface area (Å²) in [6, 6.07) is 5.26. The van der Waals surface area contributed by atoms with Gasteiger partial charge in [0, 0.05) is 36.5 Å². The zero-order valence-electron chi connectivity index (χ0n) is 12.2. The van der Waals surface area contributed by atoms with Gasteiger partial charge in [0.1, 0.15) is 18.2 Å². The Bertz CT molecular complexity index is 607. The van der Waals surface area contributed by atoms with E-state index in [1.807, 2.05) is 17.8 Å². The first-order valence-corrected chi connectivity index (χ1v) is 7.40. The first-order chi connectivity index (χ1) is 10.2. The van der Waals surface area contributed by atoms with Gasteiger partial charge in [0.25, 0.3) is 0 Å². The topological polar surface area (TPSA) is 39.1 Å². The summed E-state index contributed by atoms with van der Waals surface area (Å²) in [4.78, 5) is 0. The van der Waals surface area contributed by atoms with Gasteiger partial charge >= 0.3 is 0 Å². The maximum absolute atomic E-state index is 13.4. The number of aryl methyl sites for hydroxylation is 1. The summed E-state index contributed by atoms with van der Waals surface area (Å²) >= 11 is 0. The highest BCUT2D eigenvalue weighted by molar-refractivity contribution is 5.34. The zero-order chi connectivity index (χ0) is 14.7. The highest BCUT2D eigenvalue weighted by Gasteiger charge is 2.20. The fourth-order valence-corrected chi connectivity index (χ4v) is 2.18. The van der Waals surface area contributed by atoms with E-state index in [0.717, 1.165) is 23.4 Å². The molecule has 1 fully saturated rings. The van der Waals surface area contributed by atoms with Crippen LogP contribution in [0.4, 0.5) is 4.39 Å². The Labute approximate surface area is 123 Å². The second kappa shape index (κ2) is 6.26. The quantitative estimate of drug-likeness (QED) is 0.852. The van der Waals surface area contributed by atoms with Gasteiger partial charge in [-0.25, -0.2) is 4.39 Å². The number of hydrogen-bond donors (Lipinski definition) is 1. The average Bonchev–Trinajstić information content (AvgIpc) is 3.21. The van der Waals surface area contributed by atoms with E-state index in [1.54, 1.807) is 18.3 Å². The van der Waals surface area contributed by atoms with Crippen molar-refractivity contribution in [3.05, 3.63) is 47.5 Å². The molecule has 5 heteroatoms. The Kier molecular flexibility index (Phi) is 4.20. The molecule has 1 heterocycles. The van der Waals surface area contributed by atoms with Crippen LogP contribution in [0.3, 0.4) is 0 Å². The minimum Gasteiger partial charge on any atom is -0.488 e. The third kappa shape index (κ3) is 3.82. The van der Waals surface area contributed by atoms with E-state index >= 15 is 0 Å². The summed E-state index contributed by atoms with van der Waals surface area (Å²) in [6.07, 6.45) is 6.18. The lowest BCUT2D eigenvalue weighted by Crippen LogP contribution is -2.16. The van der Waals surface area contributed by atoms with Crippen LogP contribution in [0.5, 0.6) is 5.75 Å². The zero-order valence-corrected chi connectivity index (χ0v) is 12.2. The molecule has 0 aliphatic heterocycles. The molecule has 1 N–H and O–H groups in total. The predicted octanol–water partition coefficient (Wildman–Crippen LogP) is 2.87. The molecule has 2 aromatic rings. The van der Waals surface area contributed by atoms with Gasteiger partial charge < -0.3 is 10.1 Å². The molecule has 0 unspecified atom stereocenters. The molecular weight excluding hydrogens is 269 g/mol. The number of rotatable bonds is 7. The molecular formula is C16H20FN3O. The normalized spacial score (nSPS) is 14.4. The van der Waals surface area contributed by atoms with Crippen molar-refractivity contribution in [2.24, 2.45) is 0 Å². The van der Waals surface area contributed by atoms with Crippen LogP contribution in [-0.4, -0.2) is 15.8 Å². The van der Waals surface area contributed by atoms with Crippen molar-refractivity contribution in [2.75, 3.05) is 0 Å². The Morgan fingerprint density at radius 3 is 3.00 bits per heavy atom. The predicted molar refractivity (Wildman–Crippen MR) is 78.5 cm³/mol. The lowest BCUT2D eigenvalue weighted by atomic mass is 10.2. The van der Waals surface area contributed by atoms with Crippen molar-refractivity contribution in [3.63, 3.8) is 0 Å². The van der Waals surface area contributed by atoms with Crippen LogP contribution in [0.2, 0.25) is 0 Å². The number of nitrogens with one attached hydrogen (secondary N) is 1. The Morgan fingerprint density at radius 2 is 2.29 bits per heavy atom. The van der Waals surface area contributed by atoms with Gasteiger partial charge in [-0.3, -0.25) is 4.68 Å². The van der Waals surface area contributed by atoms with Crippen molar-refractivity contribution >= 4 is 0 Å². The highest BCUT2D eigenvalue weighted by Crippen LogP contribution is 2.24. The summed E-state index contributed by atoms with van der Waals surface area (Å²) in [7, 11) is 0. The van der Waals surface area contributed by atoms with Crippen LogP contribution < -0.4 is 10.1 Å². The summed E-state index contributed by atoms with van der Waals surface area (Å²) in [5.74, 6) is 0.502. The molecule has 3 rings (SSSR count). The number of benzene rings is 1. The highest BCUT2D eigenvalue weighted by atomic mass is 19.1. The smallest absolute Gasteiger partial charge is 0.124 e. The van der Waals surface area contributed by atoms with Crippen LogP contribution in [-0.2, 0) is 19.7 Å². The molecule has 1 aliphatic rings. The number of nitrogens with zero attached hydrogens (tertiary/aromatic N) is 2. The van der Waals surface area contributed by atoms with Gasteiger partial charge in [-0.1, -0.05) is 0 Å². The molecule has 0 radical (unpaired) electrons. The van der Waals surface area contributed by atoms with Crippen molar-refractivity contribution in [2.45, 2.75) is 45.5 Å². The molecule has 0 amide bonds. The molecule has 112 valence electrons. The Morgan fingerprint density at radius 1 is 1.43 bits per heavy atom. The van der Waals surface area contributed by atoms with Crippen molar-refractivity contribution < 1.29 is 9.13 Å². The third-order valence-corrected chi connectivity index (χ3v) is 3.59. The average molecular weight is 289 g/mol. The van der Waals surface area contributed by atoms with E-state index in [0.29, 0.717) is 19.2 Å². The molecule has 0 bridgehead atoms. The number of hydrogen-bond acceptors (Lipinski definition) is 3. The molecule has 0 spiro atoms. The summed E-state index contributed by atoms with van der Waals surface area (Å²) in [5, 5.41) is 7.60. The van der Waals surface area contributed by atoms with Gasteiger partial charge in [0.05, 0.1) is 6.20 Å². The molecule has 4 nitrogen and oxygen atoms in total. The molecule has 1 aromatic heterocycles. The lowest BCUT2D eigenvalue weighted by molar-refractivity contribution is 0.301. The molecule has 0 saturated heterocycles. The van der Waals surface area contributed by atoms with Crippen molar-refractivity contribution in [1.29, 1.82) is 0 Å². The van der Waals surface area contributed by atoms with E-state index in [4.69, 9.17) is 4.74 Å². The van der Waals surface area contributed by atoms with Crippen LogP contribution in [0.25, 0.3) is 0 Å². The third-order valence-electron chi connectivity index (χ3n) is 3.59.